The van der Waals surface area contributed by atoms with E-state index in [2.05, 4.69) is 15.4 Å². The summed E-state index contributed by atoms with van der Waals surface area (Å²) in [5, 5.41) is 13.4. The molecule has 0 N–H and O–H groups in total. The molecule has 1 aliphatic heterocycles. The molecule has 0 unspecified atom stereocenters. The molecule has 0 saturated heterocycles. The molecule has 21 heavy (non-hydrogen) atoms. The van der Waals surface area contributed by atoms with Gasteiger partial charge in [-0.2, -0.15) is 5.10 Å². The largest absolute Gasteiger partial charge is 0.461 e. The Hall–Kier alpha value is -1.86. The Morgan fingerprint density at radius 3 is 2.90 bits per heavy atom. The second-order valence-electron chi connectivity index (χ2n) is 4.20. The van der Waals surface area contributed by atoms with Crippen molar-refractivity contribution < 1.29 is 9.53 Å². The Morgan fingerprint density at radius 2 is 2.19 bits per heavy atom. The molecule has 2 aromatic rings. The number of thioether (sulfide) groups is 1. The van der Waals surface area contributed by atoms with Crippen molar-refractivity contribution in [3.63, 3.8) is 0 Å². The van der Waals surface area contributed by atoms with Crippen LogP contribution in [0.5, 0.6) is 0 Å². The molecule has 0 atom stereocenters. The summed E-state index contributed by atoms with van der Waals surface area (Å²) in [6.07, 6.45) is 0. The lowest BCUT2D eigenvalue weighted by Gasteiger charge is -2.12. The van der Waals surface area contributed by atoms with Crippen LogP contribution in [0.4, 0.5) is 0 Å². The Bertz CT molecular complexity index is 711. The normalized spacial score (nSPS) is 13.5. The van der Waals surface area contributed by atoms with E-state index < -0.39 is 5.97 Å². The van der Waals surface area contributed by atoms with Gasteiger partial charge in [0.2, 0.25) is 5.69 Å². The van der Waals surface area contributed by atoms with Gasteiger partial charge in [0.05, 0.1) is 12.3 Å². The first-order chi connectivity index (χ1) is 10.2. The van der Waals surface area contributed by atoms with Crippen molar-refractivity contribution >= 4 is 35.0 Å². The number of carbonyl (C=O) groups is 1. The predicted octanol–water partition coefficient (Wildman–Crippen LogP) is 2.47. The molecule has 0 bridgehead atoms. The van der Waals surface area contributed by atoms with Gasteiger partial charge in [-0.3, -0.25) is 0 Å². The number of halogens is 1. The van der Waals surface area contributed by atoms with Crippen molar-refractivity contribution in [1.82, 2.24) is 15.1 Å². The lowest BCUT2D eigenvalue weighted by Crippen LogP contribution is -2.15. The molecule has 108 valence electrons. The van der Waals surface area contributed by atoms with E-state index in [1.807, 2.05) is 24.3 Å². The smallest absolute Gasteiger partial charge is 0.361 e. The summed E-state index contributed by atoms with van der Waals surface area (Å²) >= 11 is 7.33. The summed E-state index contributed by atoms with van der Waals surface area (Å²) in [7, 11) is 0. The molecule has 1 aromatic carbocycles. The number of hydrogen-bond donors (Lipinski definition) is 0. The number of ether oxygens (including phenoxy) is 1. The Balaban J connectivity index is 1.92. The third kappa shape index (κ3) is 2.79. The first kappa shape index (κ1) is 14.1. The van der Waals surface area contributed by atoms with E-state index in [4.69, 9.17) is 16.3 Å². The highest BCUT2D eigenvalue weighted by molar-refractivity contribution is 8.00. The SMILES string of the molecule is CCOC(=O)c1nnn2c1SCC(c1ccc(Cl)cc1)=N2. The maximum Gasteiger partial charge on any atom is 0.361 e. The highest BCUT2D eigenvalue weighted by atomic mass is 35.5. The van der Waals surface area contributed by atoms with Crippen LogP contribution in [0.1, 0.15) is 23.0 Å². The van der Waals surface area contributed by atoms with Crippen LogP contribution in [-0.2, 0) is 4.74 Å². The average Bonchev–Trinajstić information content (AvgIpc) is 2.91. The van der Waals surface area contributed by atoms with E-state index in [1.165, 1.54) is 16.6 Å². The molecule has 2 heterocycles. The second kappa shape index (κ2) is 5.87. The summed E-state index contributed by atoms with van der Waals surface area (Å²) in [4.78, 5) is 13.1. The number of nitrogens with zero attached hydrogens (tertiary/aromatic N) is 4. The molecule has 0 aliphatic carbocycles. The van der Waals surface area contributed by atoms with Crippen LogP contribution in [-0.4, -0.2) is 39.1 Å². The van der Waals surface area contributed by atoms with Crippen LogP contribution in [0.3, 0.4) is 0 Å². The summed E-state index contributed by atoms with van der Waals surface area (Å²) in [5.41, 5.74) is 2.02. The quantitative estimate of drug-likeness (QED) is 0.812. The number of rotatable bonds is 3. The van der Waals surface area contributed by atoms with Crippen molar-refractivity contribution in [2.75, 3.05) is 12.4 Å². The van der Waals surface area contributed by atoms with E-state index in [0.717, 1.165) is 11.3 Å². The first-order valence-corrected chi connectivity index (χ1v) is 7.65. The number of benzene rings is 1. The number of hydrogen-bond acceptors (Lipinski definition) is 6. The van der Waals surface area contributed by atoms with Gasteiger partial charge in [0.1, 0.15) is 0 Å². The molecule has 3 rings (SSSR count). The van der Waals surface area contributed by atoms with Crippen LogP contribution in [0, 0.1) is 0 Å². The highest BCUT2D eigenvalue weighted by Crippen LogP contribution is 2.27. The third-order valence-electron chi connectivity index (χ3n) is 2.82. The van der Waals surface area contributed by atoms with Crippen molar-refractivity contribution in [2.24, 2.45) is 5.10 Å². The average molecular weight is 323 g/mol. The zero-order valence-corrected chi connectivity index (χ0v) is 12.7. The van der Waals surface area contributed by atoms with Crippen molar-refractivity contribution in [1.29, 1.82) is 0 Å². The zero-order valence-electron chi connectivity index (χ0n) is 11.1. The number of carbonyl (C=O) groups excluding carboxylic acids is 1. The molecule has 1 aromatic heterocycles. The van der Waals surface area contributed by atoms with Crippen molar-refractivity contribution in [2.45, 2.75) is 11.9 Å². The summed E-state index contributed by atoms with van der Waals surface area (Å²) in [6, 6.07) is 7.42. The highest BCUT2D eigenvalue weighted by Gasteiger charge is 2.25. The van der Waals surface area contributed by atoms with Gasteiger partial charge in [0.15, 0.2) is 5.03 Å². The molecule has 0 amide bonds. The monoisotopic (exact) mass is 322 g/mol. The summed E-state index contributed by atoms with van der Waals surface area (Å²) in [5.74, 6) is 0.151. The fourth-order valence-electron chi connectivity index (χ4n) is 1.85. The topological polar surface area (TPSA) is 69.4 Å². The van der Waals surface area contributed by atoms with Crippen LogP contribution < -0.4 is 0 Å². The lowest BCUT2D eigenvalue weighted by atomic mass is 10.1. The summed E-state index contributed by atoms with van der Waals surface area (Å²) < 4.78 is 4.95. The molecule has 0 radical (unpaired) electrons. The molecular weight excluding hydrogens is 312 g/mol. The van der Waals surface area contributed by atoms with Gasteiger partial charge in [0, 0.05) is 10.8 Å². The minimum absolute atomic E-state index is 0.209. The Kier molecular flexibility index (Phi) is 3.94. The minimum Gasteiger partial charge on any atom is -0.461 e. The number of aromatic nitrogens is 3. The van der Waals surface area contributed by atoms with E-state index in [-0.39, 0.29) is 5.69 Å². The van der Waals surface area contributed by atoms with E-state index in [0.29, 0.717) is 22.4 Å². The Labute approximate surface area is 130 Å². The van der Waals surface area contributed by atoms with Crippen molar-refractivity contribution in [3.05, 3.63) is 40.5 Å². The van der Waals surface area contributed by atoms with E-state index in [9.17, 15) is 4.79 Å². The van der Waals surface area contributed by atoms with Crippen LogP contribution in [0.2, 0.25) is 5.02 Å². The Morgan fingerprint density at radius 1 is 1.43 bits per heavy atom. The molecular formula is C13H11ClN4O2S. The molecule has 0 spiro atoms. The van der Waals surface area contributed by atoms with Gasteiger partial charge in [-0.1, -0.05) is 35.5 Å². The maximum absolute atomic E-state index is 11.8. The maximum atomic E-state index is 11.8. The minimum atomic E-state index is -0.476. The van der Waals surface area contributed by atoms with Gasteiger partial charge >= 0.3 is 5.97 Å². The molecule has 0 saturated carbocycles. The fraction of sp³-hybridized carbons (Fsp3) is 0.231. The van der Waals surface area contributed by atoms with Gasteiger partial charge < -0.3 is 4.74 Å². The van der Waals surface area contributed by atoms with Crippen LogP contribution >= 0.6 is 23.4 Å². The predicted molar refractivity (Wildman–Crippen MR) is 80.1 cm³/mol. The van der Waals surface area contributed by atoms with Gasteiger partial charge in [-0.05, 0) is 29.8 Å². The molecule has 0 fully saturated rings. The molecule has 8 heteroatoms. The van der Waals surface area contributed by atoms with Gasteiger partial charge in [-0.25, -0.2) is 4.79 Å². The number of esters is 1. The van der Waals surface area contributed by atoms with Gasteiger partial charge in [0.25, 0.3) is 0 Å². The second-order valence-corrected chi connectivity index (χ2v) is 5.60. The van der Waals surface area contributed by atoms with Crippen LogP contribution in [0.15, 0.2) is 34.4 Å². The van der Waals surface area contributed by atoms with Crippen LogP contribution in [0.25, 0.3) is 0 Å². The zero-order chi connectivity index (χ0) is 14.8. The van der Waals surface area contributed by atoms with E-state index in [1.54, 1.807) is 6.92 Å². The summed E-state index contributed by atoms with van der Waals surface area (Å²) in [6.45, 7) is 2.05. The van der Waals surface area contributed by atoms with E-state index >= 15 is 0 Å². The van der Waals surface area contributed by atoms with Crippen molar-refractivity contribution in [3.8, 4) is 0 Å². The molecule has 6 nitrogen and oxygen atoms in total. The fourth-order valence-corrected chi connectivity index (χ4v) is 2.93. The standard InChI is InChI=1S/C13H11ClN4O2S/c1-2-20-13(19)11-12-18(17-15-11)16-10(7-21-12)8-3-5-9(14)6-4-8/h3-6H,2,7H2,1H3. The van der Waals surface area contributed by atoms with Gasteiger partial charge in [-0.15, -0.1) is 9.89 Å². The number of fused-ring (bicyclic) bond motifs is 1. The first-order valence-electron chi connectivity index (χ1n) is 6.28. The lowest BCUT2D eigenvalue weighted by molar-refractivity contribution is 0.0515. The molecule has 1 aliphatic rings. The third-order valence-corrected chi connectivity index (χ3v) is 4.12.